The lowest BCUT2D eigenvalue weighted by molar-refractivity contribution is 0.108. The van der Waals surface area contributed by atoms with E-state index in [9.17, 15) is 0 Å². The van der Waals surface area contributed by atoms with E-state index in [1.807, 2.05) is 5.38 Å². The van der Waals surface area contributed by atoms with Gasteiger partial charge >= 0.3 is 0 Å². The number of hydrogen-bond donors (Lipinski definition) is 1. The first-order valence-corrected chi connectivity index (χ1v) is 6.95. The zero-order chi connectivity index (χ0) is 13.4. The summed E-state index contributed by atoms with van der Waals surface area (Å²) in [4.78, 5) is 13.1. The molecule has 0 aliphatic carbocycles. The van der Waals surface area contributed by atoms with Crippen LogP contribution in [0.1, 0.15) is 11.9 Å². The maximum absolute atomic E-state index is 5.61. The number of piperazine rings is 1. The second-order valence-corrected chi connectivity index (χ2v) is 5.68. The quantitative estimate of drug-likeness (QED) is 0.866. The molecule has 0 spiro atoms. The summed E-state index contributed by atoms with van der Waals surface area (Å²) in [6.45, 7) is 2.95. The maximum atomic E-state index is 5.61. The number of rotatable bonds is 2. The van der Waals surface area contributed by atoms with Gasteiger partial charge in [0.2, 0.25) is 0 Å². The highest BCUT2D eigenvalue weighted by Crippen LogP contribution is 2.25. The molecule has 2 aromatic rings. The van der Waals surface area contributed by atoms with E-state index < -0.39 is 0 Å². The van der Waals surface area contributed by atoms with Gasteiger partial charge in [-0.2, -0.15) is 4.98 Å². The molecular weight excluding hydrogens is 264 g/mol. The Morgan fingerprint density at radius 1 is 1.37 bits per heavy atom. The van der Waals surface area contributed by atoms with Gasteiger partial charge in [0, 0.05) is 25.0 Å². The second kappa shape index (κ2) is 4.87. The van der Waals surface area contributed by atoms with Crippen LogP contribution in [-0.4, -0.2) is 58.7 Å². The predicted molar refractivity (Wildman–Crippen MR) is 72.7 cm³/mol. The van der Waals surface area contributed by atoms with Crippen LogP contribution in [0.2, 0.25) is 0 Å². The molecule has 1 aliphatic heterocycles. The van der Waals surface area contributed by atoms with Crippen molar-refractivity contribution < 1.29 is 4.52 Å². The SMILES string of the molecule is CN1CCN(C)C(c2noc(-c3csc(N)n3)n2)C1. The number of nitrogen functional groups attached to an aromatic ring is 1. The molecule has 3 heterocycles. The summed E-state index contributed by atoms with van der Waals surface area (Å²) in [7, 11) is 4.18. The summed E-state index contributed by atoms with van der Waals surface area (Å²) >= 11 is 1.37. The Morgan fingerprint density at radius 2 is 2.21 bits per heavy atom. The third-order valence-corrected chi connectivity index (χ3v) is 4.01. The van der Waals surface area contributed by atoms with Crippen molar-refractivity contribution in [1.82, 2.24) is 24.9 Å². The topological polar surface area (TPSA) is 84.3 Å². The fraction of sp³-hybridized carbons (Fsp3) is 0.545. The van der Waals surface area contributed by atoms with Crippen molar-refractivity contribution in [3.8, 4) is 11.6 Å². The first-order valence-electron chi connectivity index (χ1n) is 6.07. The van der Waals surface area contributed by atoms with E-state index in [4.69, 9.17) is 10.3 Å². The van der Waals surface area contributed by atoms with E-state index in [1.165, 1.54) is 11.3 Å². The minimum atomic E-state index is 0.159. The maximum Gasteiger partial charge on any atom is 0.277 e. The molecule has 0 radical (unpaired) electrons. The average molecular weight is 280 g/mol. The predicted octanol–water partition coefficient (Wildman–Crippen LogP) is 0.694. The van der Waals surface area contributed by atoms with Crippen LogP contribution in [0.3, 0.4) is 0 Å². The summed E-state index contributed by atoms with van der Waals surface area (Å²) in [5.74, 6) is 1.14. The van der Waals surface area contributed by atoms with Crippen molar-refractivity contribution >= 4 is 16.5 Å². The Labute approximate surface area is 115 Å². The first-order chi connectivity index (χ1) is 9.13. The molecule has 0 aromatic carbocycles. The molecule has 0 saturated carbocycles. The highest BCUT2D eigenvalue weighted by Gasteiger charge is 2.28. The molecule has 0 amide bonds. The largest absolute Gasteiger partial charge is 0.375 e. The van der Waals surface area contributed by atoms with Crippen molar-refractivity contribution in [2.24, 2.45) is 0 Å². The summed E-state index contributed by atoms with van der Waals surface area (Å²) in [5, 5.41) is 6.41. The van der Waals surface area contributed by atoms with E-state index in [2.05, 4.69) is 39.0 Å². The van der Waals surface area contributed by atoms with Crippen molar-refractivity contribution in [2.75, 3.05) is 39.5 Å². The fourth-order valence-electron chi connectivity index (χ4n) is 2.15. The molecule has 102 valence electrons. The fourth-order valence-corrected chi connectivity index (χ4v) is 2.69. The lowest BCUT2D eigenvalue weighted by Gasteiger charge is -2.35. The number of hydrogen-bond acceptors (Lipinski definition) is 8. The van der Waals surface area contributed by atoms with Gasteiger partial charge in [-0.05, 0) is 14.1 Å². The Hall–Kier alpha value is -1.51. The standard InChI is InChI=1S/C11H16N6OS/c1-16-3-4-17(2)8(5-16)9-14-10(18-15-9)7-6-19-11(12)13-7/h6,8H,3-5H2,1-2H3,(H2,12,13). The molecular formula is C11H16N6OS. The highest BCUT2D eigenvalue weighted by molar-refractivity contribution is 7.13. The molecule has 2 N–H and O–H groups in total. The van der Waals surface area contributed by atoms with Gasteiger partial charge in [0.1, 0.15) is 5.69 Å². The van der Waals surface area contributed by atoms with Gasteiger partial charge in [-0.25, -0.2) is 4.98 Å². The lowest BCUT2D eigenvalue weighted by atomic mass is 10.2. The molecule has 19 heavy (non-hydrogen) atoms. The van der Waals surface area contributed by atoms with Gasteiger partial charge in [0.25, 0.3) is 5.89 Å². The summed E-state index contributed by atoms with van der Waals surface area (Å²) < 4.78 is 5.28. The summed E-state index contributed by atoms with van der Waals surface area (Å²) in [6.07, 6.45) is 0. The van der Waals surface area contributed by atoms with E-state index in [1.54, 1.807) is 0 Å². The van der Waals surface area contributed by atoms with E-state index in [0.29, 0.717) is 22.5 Å². The van der Waals surface area contributed by atoms with Crippen LogP contribution in [-0.2, 0) is 0 Å². The van der Waals surface area contributed by atoms with Crippen LogP contribution in [0.25, 0.3) is 11.6 Å². The zero-order valence-corrected chi connectivity index (χ0v) is 11.7. The van der Waals surface area contributed by atoms with Crippen molar-refractivity contribution in [3.05, 3.63) is 11.2 Å². The monoisotopic (exact) mass is 280 g/mol. The minimum Gasteiger partial charge on any atom is -0.375 e. The van der Waals surface area contributed by atoms with Gasteiger partial charge in [-0.15, -0.1) is 11.3 Å². The summed E-state index contributed by atoms with van der Waals surface area (Å²) in [5.41, 5.74) is 6.25. The zero-order valence-electron chi connectivity index (χ0n) is 10.9. The number of thiazole rings is 1. The number of aromatic nitrogens is 3. The van der Waals surface area contributed by atoms with Gasteiger partial charge in [0.05, 0.1) is 6.04 Å². The van der Waals surface area contributed by atoms with Crippen LogP contribution < -0.4 is 5.73 Å². The second-order valence-electron chi connectivity index (χ2n) is 4.79. The third kappa shape index (κ3) is 2.46. The molecule has 1 aliphatic rings. The Balaban J connectivity index is 1.84. The molecule has 0 bridgehead atoms. The molecule has 1 unspecified atom stereocenters. The molecule has 7 nitrogen and oxygen atoms in total. The molecule has 1 fully saturated rings. The first kappa shape index (κ1) is 12.5. The smallest absolute Gasteiger partial charge is 0.277 e. The number of nitrogens with two attached hydrogens (primary N) is 1. The van der Waals surface area contributed by atoms with Crippen molar-refractivity contribution in [2.45, 2.75) is 6.04 Å². The highest BCUT2D eigenvalue weighted by atomic mass is 32.1. The van der Waals surface area contributed by atoms with Crippen LogP contribution in [0.4, 0.5) is 5.13 Å². The molecule has 2 aromatic heterocycles. The van der Waals surface area contributed by atoms with Gasteiger partial charge in [-0.1, -0.05) is 5.16 Å². The van der Waals surface area contributed by atoms with Crippen molar-refractivity contribution in [3.63, 3.8) is 0 Å². The van der Waals surface area contributed by atoms with Gasteiger partial charge < -0.3 is 15.2 Å². The molecule has 1 saturated heterocycles. The van der Waals surface area contributed by atoms with Gasteiger partial charge in [0.15, 0.2) is 11.0 Å². The van der Waals surface area contributed by atoms with Crippen LogP contribution >= 0.6 is 11.3 Å². The van der Waals surface area contributed by atoms with Crippen molar-refractivity contribution in [1.29, 1.82) is 0 Å². The third-order valence-electron chi connectivity index (χ3n) is 3.33. The van der Waals surface area contributed by atoms with E-state index >= 15 is 0 Å². The number of likely N-dealkylation sites (N-methyl/N-ethyl adjacent to an activating group) is 2. The number of anilines is 1. The lowest BCUT2D eigenvalue weighted by Crippen LogP contribution is -2.45. The normalized spacial score (nSPS) is 21.9. The molecule has 1 atom stereocenters. The minimum absolute atomic E-state index is 0.159. The van der Waals surface area contributed by atoms with Crippen LogP contribution in [0.5, 0.6) is 0 Å². The Morgan fingerprint density at radius 3 is 2.95 bits per heavy atom. The van der Waals surface area contributed by atoms with Gasteiger partial charge in [-0.3, -0.25) is 4.90 Å². The Bertz CT molecular complexity index is 567. The molecule has 3 rings (SSSR count). The summed E-state index contributed by atoms with van der Waals surface area (Å²) in [6, 6.07) is 0.159. The number of nitrogens with zero attached hydrogens (tertiary/aromatic N) is 5. The van der Waals surface area contributed by atoms with Crippen LogP contribution in [0.15, 0.2) is 9.90 Å². The Kier molecular flexibility index (Phi) is 3.21. The van der Waals surface area contributed by atoms with Crippen LogP contribution in [0, 0.1) is 0 Å². The van der Waals surface area contributed by atoms with E-state index in [0.717, 1.165) is 19.6 Å². The van der Waals surface area contributed by atoms with E-state index in [-0.39, 0.29) is 6.04 Å². The molecule has 8 heteroatoms. The average Bonchev–Trinajstić information content (AvgIpc) is 3.00.